The number of carbonyl (C=O) groups is 6. The molecule has 0 aliphatic carbocycles. The van der Waals surface area contributed by atoms with Gasteiger partial charge in [-0.1, -0.05) is 0 Å². The average Bonchev–Trinajstić information content (AvgIpc) is 3.37. The number of aliphatic hydroxyl groups excluding tert-OH is 15. The average molecular weight is 1110 g/mol. The minimum atomic E-state index is -4.59. The number of nitrogens with zero attached hydrogens (tertiary/aromatic N) is 9. The standard InChI is InChI=1S/C39H68N12O25/c1-46(35(40)43-4-19(58)49-13(7-52)22(61)28(67)23(62)14(49)8-53)31(32(70)71)38(76,33(72)73)39(34(74)75,47(2)36(41)44-5-20(59)50-15(9-54)24(63)29(68)25(64)16(50)10-55)48(3)37(42)45-6-21(60)51-17(11-56)26(65)30(69)27(66)18(51)12-57/h13-18,22-31,52-57,61-69,76H,4-12H2,1-3H3,(H2,40,43)(H2,41,44)(H2,42,45)(H,70,71)(H,72,73)(H,74,75)/t13-,14-,15-,16-,17-,18-,22-,23-,24-,25-,26-,27-,31?,38?/m1/s1. The third-order valence-corrected chi connectivity index (χ3v) is 13.9. The number of carboxylic acid groups (broad SMARTS) is 3. The minimum absolute atomic E-state index is 0.00601. The van der Waals surface area contributed by atoms with Crippen LogP contribution in [0.5, 0.6) is 0 Å². The van der Waals surface area contributed by atoms with E-state index in [2.05, 4.69) is 15.0 Å². The van der Waals surface area contributed by atoms with Crippen LogP contribution in [0.2, 0.25) is 0 Å². The van der Waals surface area contributed by atoms with Gasteiger partial charge in [0.15, 0.2) is 23.9 Å². The van der Waals surface area contributed by atoms with Crippen LogP contribution in [-0.4, -0.2) is 369 Å². The Kier molecular flexibility index (Phi) is 21.9. The Hall–Kier alpha value is -6.01. The smallest absolute Gasteiger partial charge is 0.354 e. The van der Waals surface area contributed by atoms with Crippen molar-refractivity contribution in [2.45, 2.75) is 108 Å². The third-order valence-electron chi connectivity index (χ3n) is 13.9. The monoisotopic (exact) mass is 1100 g/mol. The van der Waals surface area contributed by atoms with Gasteiger partial charge < -0.3 is 144 Å². The summed E-state index contributed by atoms with van der Waals surface area (Å²) in [6.45, 7) is -10.6. The number of nitrogens with two attached hydrogens (primary N) is 3. The first-order valence-electron chi connectivity index (χ1n) is 22.6. The molecule has 3 aliphatic rings. The molecular weight excluding hydrogens is 1040 g/mol. The fourth-order valence-corrected chi connectivity index (χ4v) is 9.73. The van der Waals surface area contributed by atoms with E-state index in [9.17, 15) is 126 Å². The van der Waals surface area contributed by atoms with Crippen molar-refractivity contribution in [1.29, 1.82) is 0 Å². The Bertz CT molecular complexity index is 2050. The van der Waals surface area contributed by atoms with E-state index in [1.54, 1.807) is 0 Å². The summed E-state index contributed by atoms with van der Waals surface area (Å²) in [5.74, 6) is -15.9. The number of hydrogen-bond donors (Lipinski definition) is 22. The van der Waals surface area contributed by atoms with Gasteiger partial charge in [0, 0.05) is 21.1 Å². The number of aliphatic hydroxyl groups is 16. The number of aliphatic imine (C=N–C) groups is 3. The molecule has 0 aromatic heterocycles. The van der Waals surface area contributed by atoms with Crippen LogP contribution in [0.4, 0.5) is 0 Å². The molecule has 37 nitrogen and oxygen atoms in total. The molecule has 2 unspecified atom stereocenters. The molecule has 0 bridgehead atoms. The molecule has 434 valence electrons. The highest BCUT2D eigenvalue weighted by Gasteiger charge is 2.74. The molecule has 3 aliphatic heterocycles. The van der Waals surface area contributed by atoms with E-state index >= 15 is 0 Å². The van der Waals surface area contributed by atoms with Gasteiger partial charge in [-0.25, -0.2) is 29.4 Å². The molecule has 3 heterocycles. The van der Waals surface area contributed by atoms with Crippen LogP contribution in [0.1, 0.15) is 0 Å². The van der Waals surface area contributed by atoms with Gasteiger partial charge in [0.1, 0.15) is 74.6 Å². The molecule has 76 heavy (non-hydrogen) atoms. The number of likely N-dealkylation sites (tertiary alicyclic amines) is 3. The van der Waals surface area contributed by atoms with Gasteiger partial charge in [0.25, 0.3) is 5.66 Å². The lowest BCUT2D eigenvalue weighted by Crippen LogP contribution is -2.85. The van der Waals surface area contributed by atoms with Crippen LogP contribution in [0.15, 0.2) is 15.0 Å². The molecular formula is C39H68N12O25. The first kappa shape index (κ1) is 64.3. The van der Waals surface area contributed by atoms with Gasteiger partial charge in [0.2, 0.25) is 23.3 Å². The third kappa shape index (κ3) is 11.3. The Labute approximate surface area is 429 Å². The summed E-state index contributed by atoms with van der Waals surface area (Å²) in [6, 6.07) is -13.8. The van der Waals surface area contributed by atoms with Crippen molar-refractivity contribution >= 4 is 53.5 Å². The molecule has 3 amide bonds. The molecule has 0 spiro atoms. The fraction of sp³-hybridized carbons (Fsp3) is 0.769. The number of amides is 3. The first-order valence-corrected chi connectivity index (χ1v) is 22.6. The van der Waals surface area contributed by atoms with Crippen LogP contribution >= 0.6 is 0 Å². The second kappa shape index (κ2) is 25.9. The topological polar surface area (TPSA) is 621 Å². The highest BCUT2D eigenvalue weighted by molar-refractivity contribution is 6.03. The largest absolute Gasteiger partial charge is 0.480 e. The highest BCUT2D eigenvalue weighted by atomic mass is 16.4. The Balaban J connectivity index is 2.33. The first-order chi connectivity index (χ1) is 35.4. The fourth-order valence-electron chi connectivity index (χ4n) is 9.73. The van der Waals surface area contributed by atoms with Gasteiger partial charge >= 0.3 is 17.9 Å². The zero-order chi connectivity index (χ0) is 58.4. The van der Waals surface area contributed by atoms with E-state index in [4.69, 9.17) is 17.2 Å². The molecule has 0 aromatic carbocycles. The SMILES string of the molecule is CN(C(N)=NCC(=O)N1[C@H](CO)[C@@H](O)C(O)[C@H](O)[C@H]1CO)C(C(=O)O)C(O)(C(=O)O)C(C(=O)O)(N(C)C(N)=NCC(=O)N1[C@H](CO)[C@@H](O)C(O)[C@H](O)[C@H]1CO)N(C)C(N)=NCC(=O)N1[C@H](CO)[C@@H](O)C(O)[C@H](O)[C@H]1CO. The van der Waals surface area contributed by atoms with Crippen molar-refractivity contribution < 1.29 is 126 Å². The summed E-state index contributed by atoms with van der Waals surface area (Å²) in [4.78, 5) is 95.0. The number of aliphatic carboxylic acids is 3. The number of rotatable bonds is 20. The van der Waals surface area contributed by atoms with Crippen molar-refractivity contribution in [2.24, 2.45) is 32.2 Å². The number of hydrogen-bond acceptors (Lipinski definition) is 25. The number of carbonyl (C=O) groups excluding carboxylic acids is 3. The van der Waals surface area contributed by atoms with Gasteiger partial charge in [0.05, 0.1) is 75.9 Å². The predicted octanol–water partition coefficient (Wildman–Crippen LogP) is -16.3. The van der Waals surface area contributed by atoms with Crippen LogP contribution in [0.3, 0.4) is 0 Å². The van der Waals surface area contributed by atoms with Crippen molar-refractivity contribution in [3.8, 4) is 0 Å². The summed E-state index contributed by atoms with van der Waals surface area (Å²) >= 11 is 0. The second-order valence-electron chi connectivity index (χ2n) is 17.9. The molecule has 3 rings (SSSR count). The van der Waals surface area contributed by atoms with Gasteiger partial charge in [-0.2, -0.15) is 0 Å². The van der Waals surface area contributed by atoms with Crippen LogP contribution < -0.4 is 17.2 Å². The molecule has 3 saturated heterocycles. The van der Waals surface area contributed by atoms with E-state index in [0.717, 1.165) is 0 Å². The van der Waals surface area contributed by atoms with Gasteiger partial charge in [-0.3, -0.25) is 14.4 Å². The van der Waals surface area contributed by atoms with Crippen LogP contribution in [-0.2, 0) is 28.8 Å². The van der Waals surface area contributed by atoms with Crippen molar-refractivity contribution in [1.82, 2.24) is 29.4 Å². The van der Waals surface area contributed by atoms with E-state index in [1.165, 1.54) is 0 Å². The predicted molar refractivity (Wildman–Crippen MR) is 247 cm³/mol. The molecule has 0 aromatic rings. The normalized spacial score (nSPS) is 32.6. The molecule has 37 heteroatoms. The van der Waals surface area contributed by atoms with E-state index in [-0.39, 0.29) is 14.7 Å². The van der Waals surface area contributed by atoms with E-state index < -0.39 is 221 Å². The molecule has 14 atom stereocenters. The van der Waals surface area contributed by atoms with Crippen LogP contribution in [0, 0.1) is 0 Å². The maximum Gasteiger partial charge on any atom is 0.354 e. The van der Waals surface area contributed by atoms with Gasteiger partial charge in [-0.15, -0.1) is 0 Å². The number of carboxylic acids is 3. The zero-order valence-corrected chi connectivity index (χ0v) is 40.8. The lowest BCUT2D eigenvalue weighted by molar-refractivity contribution is -0.216. The minimum Gasteiger partial charge on any atom is -0.480 e. The lowest BCUT2D eigenvalue weighted by Gasteiger charge is -2.54. The van der Waals surface area contributed by atoms with Crippen molar-refractivity contribution in [3.63, 3.8) is 0 Å². The maximum absolute atomic E-state index is 14.1. The zero-order valence-electron chi connectivity index (χ0n) is 40.8. The van der Waals surface area contributed by atoms with Crippen LogP contribution in [0.25, 0.3) is 0 Å². The molecule has 0 radical (unpaired) electrons. The summed E-state index contributed by atoms with van der Waals surface area (Å²) in [6.07, 6.45) is -18.3. The number of likely N-dealkylation sites (N-methyl/N-ethyl adjacent to an activating group) is 3. The maximum atomic E-state index is 14.1. The summed E-state index contributed by atoms with van der Waals surface area (Å²) in [5, 5.41) is 200. The molecule has 3 fully saturated rings. The Morgan fingerprint density at radius 3 is 0.882 bits per heavy atom. The number of guanidine groups is 3. The second-order valence-corrected chi connectivity index (χ2v) is 17.9. The summed E-state index contributed by atoms with van der Waals surface area (Å²) in [7, 11) is 1.65. The quantitative estimate of drug-likeness (QED) is 0.0306. The Morgan fingerprint density at radius 1 is 0.447 bits per heavy atom. The van der Waals surface area contributed by atoms with Crippen molar-refractivity contribution in [3.05, 3.63) is 0 Å². The van der Waals surface area contributed by atoms with E-state index in [0.29, 0.717) is 35.8 Å². The van der Waals surface area contributed by atoms with Gasteiger partial charge in [-0.05, 0) is 0 Å². The molecule has 25 N–H and O–H groups in total. The lowest BCUT2D eigenvalue weighted by atomic mass is 9.77. The highest BCUT2D eigenvalue weighted by Crippen LogP contribution is 2.38. The Morgan fingerprint density at radius 2 is 0.684 bits per heavy atom. The van der Waals surface area contributed by atoms with Crippen molar-refractivity contribution in [2.75, 3.05) is 80.4 Å². The summed E-state index contributed by atoms with van der Waals surface area (Å²) in [5.41, 5.74) is 9.69. The van der Waals surface area contributed by atoms with E-state index in [1.807, 2.05) is 0 Å². The molecule has 0 saturated carbocycles. The summed E-state index contributed by atoms with van der Waals surface area (Å²) < 4.78 is 0. The number of piperidine rings is 3.